The number of benzene rings is 1. The van der Waals surface area contributed by atoms with Crippen LogP contribution >= 0.6 is 0 Å². The first-order chi connectivity index (χ1) is 9.22. The molecule has 2 aromatic rings. The third-order valence-corrected chi connectivity index (χ3v) is 3.02. The van der Waals surface area contributed by atoms with Crippen molar-refractivity contribution >= 4 is 0 Å². The predicted octanol–water partition coefficient (Wildman–Crippen LogP) is 2.58. The highest BCUT2D eigenvalue weighted by Gasteiger charge is 2.10. The lowest BCUT2D eigenvalue weighted by molar-refractivity contribution is 0.178. The number of hydrogen-bond donors (Lipinski definition) is 1. The molecule has 0 spiro atoms. The van der Waals surface area contributed by atoms with Gasteiger partial charge in [0, 0.05) is 19.2 Å². The summed E-state index contributed by atoms with van der Waals surface area (Å²) in [5.74, 6) is 0.831. The maximum Gasteiger partial charge on any atom is 0.119 e. The van der Waals surface area contributed by atoms with Crippen LogP contribution in [0, 0.1) is 0 Å². The van der Waals surface area contributed by atoms with E-state index < -0.39 is 6.10 Å². The van der Waals surface area contributed by atoms with E-state index in [4.69, 9.17) is 4.74 Å². The van der Waals surface area contributed by atoms with Gasteiger partial charge in [0.15, 0.2) is 0 Å². The summed E-state index contributed by atoms with van der Waals surface area (Å²) in [4.78, 5) is 0. The number of hydrogen-bond acceptors (Lipinski definition) is 3. The van der Waals surface area contributed by atoms with E-state index in [-0.39, 0.29) is 0 Å². The molecule has 1 aromatic heterocycles. The molecular weight excluding hydrogens is 240 g/mol. The van der Waals surface area contributed by atoms with E-state index in [9.17, 15) is 5.11 Å². The Morgan fingerprint density at radius 3 is 2.58 bits per heavy atom. The van der Waals surface area contributed by atoms with Crippen molar-refractivity contribution < 1.29 is 9.84 Å². The molecule has 0 saturated carbocycles. The summed E-state index contributed by atoms with van der Waals surface area (Å²) in [6.45, 7) is 5.49. The molecule has 2 rings (SSSR count). The monoisotopic (exact) mass is 260 g/mol. The summed E-state index contributed by atoms with van der Waals surface area (Å²) in [5.41, 5.74) is 1.94. The lowest BCUT2D eigenvalue weighted by atomic mass is 10.0. The predicted molar refractivity (Wildman–Crippen MR) is 74.2 cm³/mol. The van der Waals surface area contributed by atoms with Crippen molar-refractivity contribution in [3.05, 3.63) is 47.8 Å². The quantitative estimate of drug-likeness (QED) is 0.868. The average Bonchev–Trinajstić information content (AvgIpc) is 2.87. The van der Waals surface area contributed by atoms with E-state index in [1.165, 1.54) is 0 Å². The minimum Gasteiger partial charge on any atom is -0.494 e. The Hall–Kier alpha value is -1.81. The van der Waals surface area contributed by atoms with Crippen molar-refractivity contribution in [1.29, 1.82) is 0 Å². The van der Waals surface area contributed by atoms with Crippen LogP contribution in [0.1, 0.15) is 31.1 Å². The summed E-state index contributed by atoms with van der Waals surface area (Å²) in [7, 11) is 0. The zero-order valence-electron chi connectivity index (χ0n) is 11.4. The van der Waals surface area contributed by atoms with Crippen LogP contribution in [0.5, 0.6) is 5.75 Å². The normalized spacial score (nSPS) is 12.4. The number of aryl methyl sites for hydroxylation is 1. The number of aliphatic hydroxyl groups excluding tert-OH is 1. The van der Waals surface area contributed by atoms with Crippen molar-refractivity contribution in [1.82, 2.24) is 9.78 Å². The maximum absolute atomic E-state index is 10.2. The van der Waals surface area contributed by atoms with Crippen LogP contribution < -0.4 is 4.74 Å². The first-order valence-corrected chi connectivity index (χ1v) is 6.65. The minimum atomic E-state index is -0.509. The second-order valence-electron chi connectivity index (χ2n) is 4.43. The highest BCUT2D eigenvalue weighted by atomic mass is 16.5. The summed E-state index contributed by atoms with van der Waals surface area (Å²) in [6, 6.07) is 7.58. The number of aromatic nitrogens is 2. The third kappa shape index (κ3) is 3.58. The van der Waals surface area contributed by atoms with Crippen molar-refractivity contribution in [3.63, 3.8) is 0 Å². The number of ether oxygens (including phenoxy) is 1. The van der Waals surface area contributed by atoms with Crippen LogP contribution in [0.2, 0.25) is 0 Å². The Balaban J connectivity index is 2.00. The van der Waals surface area contributed by atoms with E-state index in [1.807, 2.05) is 49.0 Å². The highest BCUT2D eigenvalue weighted by Crippen LogP contribution is 2.21. The number of aliphatic hydroxyl groups is 1. The number of nitrogens with zero attached hydrogens (tertiary/aromatic N) is 2. The Morgan fingerprint density at radius 2 is 2.00 bits per heavy atom. The second kappa shape index (κ2) is 6.38. The molecule has 0 aliphatic rings. The van der Waals surface area contributed by atoms with Gasteiger partial charge in [-0.25, -0.2) is 0 Å². The molecule has 0 aliphatic carbocycles. The molecule has 0 amide bonds. The van der Waals surface area contributed by atoms with E-state index >= 15 is 0 Å². The zero-order chi connectivity index (χ0) is 13.7. The molecule has 1 aromatic carbocycles. The van der Waals surface area contributed by atoms with E-state index in [0.717, 1.165) is 23.4 Å². The second-order valence-corrected chi connectivity index (χ2v) is 4.43. The molecule has 0 radical (unpaired) electrons. The van der Waals surface area contributed by atoms with Crippen LogP contribution in [-0.4, -0.2) is 21.5 Å². The van der Waals surface area contributed by atoms with Gasteiger partial charge in [-0.15, -0.1) is 0 Å². The van der Waals surface area contributed by atoms with Crippen molar-refractivity contribution in [2.45, 2.75) is 32.9 Å². The van der Waals surface area contributed by atoms with Crippen molar-refractivity contribution in [2.24, 2.45) is 0 Å². The van der Waals surface area contributed by atoms with Gasteiger partial charge in [0.05, 0.1) is 18.9 Å². The molecule has 1 heterocycles. The molecule has 1 N–H and O–H groups in total. The van der Waals surface area contributed by atoms with Gasteiger partial charge >= 0.3 is 0 Å². The van der Waals surface area contributed by atoms with E-state index in [1.54, 1.807) is 6.20 Å². The fraction of sp³-hybridized carbons (Fsp3) is 0.400. The molecule has 4 heteroatoms. The SMILES string of the molecule is CCOc1ccc(C(O)Cc2cnn(CC)c2)cc1. The number of rotatable bonds is 6. The van der Waals surface area contributed by atoms with Crippen LogP contribution in [0.15, 0.2) is 36.7 Å². The molecular formula is C15H20N2O2. The molecule has 102 valence electrons. The lowest BCUT2D eigenvalue weighted by Gasteiger charge is -2.10. The van der Waals surface area contributed by atoms with Gasteiger partial charge in [0.1, 0.15) is 5.75 Å². The molecule has 1 atom stereocenters. The van der Waals surface area contributed by atoms with Gasteiger partial charge in [0.2, 0.25) is 0 Å². The van der Waals surface area contributed by atoms with Gasteiger partial charge in [-0.05, 0) is 37.1 Å². The smallest absolute Gasteiger partial charge is 0.119 e. The third-order valence-electron chi connectivity index (χ3n) is 3.02. The molecule has 0 bridgehead atoms. The first kappa shape index (κ1) is 13.6. The molecule has 1 unspecified atom stereocenters. The summed E-state index contributed by atoms with van der Waals surface area (Å²) >= 11 is 0. The van der Waals surface area contributed by atoms with Crippen molar-refractivity contribution in [2.75, 3.05) is 6.61 Å². The average molecular weight is 260 g/mol. The zero-order valence-corrected chi connectivity index (χ0v) is 11.4. The summed E-state index contributed by atoms with van der Waals surface area (Å²) in [5, 5.41) is 14.4. The maximum atomic E-state index is 10.2. The van der Waals surface area contributed by atoms with Crippen LogP contribution in [-0.2, 0) is 13.0 Å². The fourth-order valence-corrected chi connectivity index (χ4v) is 1.98. The van der Waals surface area contributed by atoms with Crippen LogP contribution in [0.3, 0.4) is 0 Å². The first-order valence-electron chi connectivity index (χ1n) is 6.65. The van der Waals surface area contributed by atoms with Crippen LogP contribution in [0.4, 0.5) is 0 Å². The summed E-state index contributed by atoms with van der Waals surface area (Å²) < 4.78 is 7.24. The van der Waals surface area contributed by atoms with E-state index in [0.29, 0.717) is 13.0 Å². The standard InChI is InChI=1S/C15H20N2O2/c1-3-17-11-12(10-16-17)9-15(18)13-5-7-14(8-6-13)19-4-2/h5-8,10-11,15,18H,3-4,9H2,1-2H3. The van der Waals surface area contributed by atoms with Crippen molar-refractivity contribution in [3.8, 4) is 5.75 Å². The molecule has 4 nitrogen and oxygen atoms in total. The Kier molecular flexibility index (Phi) is 4.58. The molecule has 19 heavy (non-hydrogen) atoms. The Labute approximate surface area is 113 Å². The van der Waals surface area contributed by atoms with Gasteiger partial charge in [-0.2, -0.15) is 5.10 Å². The topological polar surface area (TPSA) is 47.3 Å². The molecule has 0 aliphatic heterocycles. The highest BCUT2D eigenvalue weighted by molar-refractivity contribution is 5.29. The van der Waals surface area contributed by atoms with Crippen LogP contribution in [0.25, 0.3) is 0 Å². The fourth-order valence-electron chi connectivity index (χ4n) is 1.98. The van der Waals surface area contributed by atoms with E-state index in [2.05, 4.69) is 5.10 Å². The Morgan fingerprint density at radius 1 is 1.26 bits per heavy atom. The summed E-state index contributed by atoms with van der Waals surface area (Å²) in [6.07, 6.45) is 3.85. The van der Waals surface area contributed by atoms with Gasteiger partial charge < -0.3 is 9.84 Å². The van der Waals surface area contributed by atoms with Gasteiger partial charge in [-0.1, -0.05) is 12.1 Å². The van der Waals surface area contributed by atoms with Gasteiger partial charge in [0.25, 0.3) is 0 Å². The molecule has 0 saturated heterocycles. The largest absolute Gasteiger partial charge is 0.494 e. The van der Waals surface area contributed by atoms with Gasteiger partial charge in [-0.3, -0.25) is 4.68 Å². The lowest BCUT2D eigenvalue weighted by Crippen LogP contribution is -2.01. The Bertz CT molecular complexity index is 505. The molecule has 0 fully saturated rings. The minimum absolute atomic E-state index is 0.509.